The quantitative estimate of drug-likeness (QED) is 0.142. The molecule has 0 saturated heterocycles. The van der Waals surface area contributed by atoms with Gasteiger partial charge in [-0.1, -0.05) is 124 Å². The van der Waals surface area contributed by atoms with Gasteiger partial charge in [-0.15, -0.1) is 0 Å². The Balaban J connectivity index is 1.76. The SMILES string of the molecule is CCC[C@H](C(=O)NS(=O)(=O)c1ccccc1)C(OC(c1ccccc1)[C@H](CCC)C(=O)NS(=O)(=O)c1ccccc1)c1ccccc1. The maximum atomic E-state index is 13.9. The number of ether oxygens (including phenoxy) is 1. The van der Waals surface area contributed by atoms with Crippen LogP contribution in [-0.4, -0.2) is 28.6 Å². The van der Waals surface area contributed by atoms with Gasteiger partial charge < -0.3 is 4.74 Å². The molecular formula is C36H40N2O7S2. The van der Waals surface area contributed by atoms with Gasteiger partial charge in [0.2, 0.25) is 11.8 Å². The molecule has 0 spiro atoms. The molecule has 2 unspecified atom stereocenters. The van der Waals surface area contributed by atoms with Crippen LogP contribution in [0.5, 0.6) is 0 Å². The van der Waals surface area contributed by atoms with Crippen LogP contribution in [0.2, 0.25) is 0 Å². The van der Waals surface area contributed by atoms with Crippen molar-refractivity contribution < 1.29 is 31.2 Å². The normalized spacial score (nSPS) is 14.3. The van der Waals surface area contributed by atoms with Crippen molar-refractivity contribution in [2.75, 3.05) is 0 Å². The maximum absolute atomic E-state index is 13.9. The molecule has 4 rings (SSSR count). The van der Waals surface area contributed by atoms with Crippen LogP contribution in [0.4, 0.5) is 0 Å². The zero-order valence-electron chi connectivity index (χ0n) is 26.4. The summed E-state index contributed by atoms with van der Waals surface area (Å²) in [5, 5.41) is 0. The van der Waals surface area contributed by atoms with Gasteiger partial charge in [-0.25, -0.2) is 26.3 Å². The number of rotatable bonds is 16. The average Bonchev–Trinajstić information content (AvgIpc) is 3.08. The first-order chi connectivity index (χ1) is 22.6. The first-order valence-electron chi connectivity index (χ1n) is 15.6. The molecular weight excluding hydrogens is 637 g/mol. The predicted molar refractivity (Wildman–Crippen MR) is 180 cm³/mol. The van der Waals surface area contributed by atoms with Crippen molar-refractivity contribution in [3.05, 3.63) is 132 Å². The third kappa shape index (κ3) is 9.37. The summed E-state index contributed by atoms with van der Waals surface area (Å²) >= 11 is 0. The van der Waals surface area contributed by atoms with E-state index in [0.717, 1.165) is 0 Å². The Bertz CT molecular complexity index is 1670. The van der Waals surface area contributed by atoms with E-state index in [0.29, 0.717) is 24.0 Å². The summed E-state index contributed by atoms with van der Waals surface area (Å²) in [5.74, 6) is -3.46. The lowest BCUT2D eigenvalue weighted by Gasteiger charge is -2.34. The van der Waals surface area contributed by atoms with E-state index in [2.05, 4.69) is 9.44 Å². The summed E-state index contributed by atoms with van der Waals surface area (Å²) in [7, 11) is -8.38. The Labute approximate surface area is 277 Å². The van der Waals surface area contributed by atoms with Crippen molar-refractivity contribution in [3.63, 3.8) is 0 Å². The van der Waals surface area contributed by atoms with Gasteiger partial charge in [0.05, 0.1) is 33.8 Å². The molecule has 0 aliphatic rings. The number of nitrogens with one attached hydrogen (secondary N) is 2. The van der Waals surface area contributed by atoms with Crippen LogP contribution < -0.4 is 9.44 Å². The van der Waals surface area contributed by atoms with Crippen LogP contribution in [0.15, 0.2) is 131 Å². The lowest BCUT2D eigenvalue weighted by molar-refractivity contribution is -0.141. The van der Waals surface area contributed by atoms with Crippen molar-refractivity contribution in [3.8, 4) is 0 Å². The van der Waals surface area contributed by atoms with Gasteiger partial charge in [0.15, 0.2) is 0 Å². The summed E-state index contributed by atoms with van der Waals surface area (Å²) in [4.78, 5) is 27.7. The van der Waals surface area contributed by atoms with Crippen molar-refractivity contribution in [1.29, 1.82) is 0 Å². The summed E-state index contributed by atoms with van der Waals surface area (Å²) in [6.07, 6.45) is -0.398. The van der Waals surface area contributed by atoms with Gasteiger partial charge in [-0.3, -0.25) is 9.59 Å². The molecule has 4 atom stereocenters. The maximum Gasteiger partial charge on any atom is 0.264 e. The minimum atomic E-state index is -4.19. The predicted octanol–water partition coefficient (Wildman–Crippen LogP) is 6.33. The second-order valence-corrected chi connectivity index (χ2v) is 14.5. The molecule has 2 amide bonds. The molecule has 47 heavy (non-hydrogen) atoms. The molecule has 0 fully saturated rings. The molecule has 248 valence electrons. The number of amides is 2. The number of carbonyl (C=O) groups is 2. The highest BCUT2D eigenvalue weighted by Crippen LogP contribution is 2.40. The van der Waals surface area contributed by atoms with Gasteiger partial charge in [-0.05, 0) is 48.2 Å². The zero-order valence-corrected chi connectivity index (χ0v) is 28.0. The van der Waals surface area contributed by atoms with Crippen molar-refractivity contribution in [1.82, 2.24) is 9.44 Å². The number of carbonyl (C=O) groups excluding carboxylic acids is 2. The molecule has 4 aromatic carbocycles. The van der Waals surface area contributed by atoms with Crippen molar-refractivity contribution in [2.45, 2.75) is 61.5 Å². The number of sulfonamides is 2. The van der Waals surface area contributed by atoms with E-state index < -0.39 is 55.9 Å². The molecule has 0 aliphatic heterocycles. The minimum absolute atomic E-state index is 0.0535. The fraction of sp³-hybridized carbons (Fsp3) is 0.278. The topological polar surface area (TPSA) is 136 Å². The van der Waals surface area contributed by atoms with Crippen LogP contribution in [0.1, 0.15) is 62.9 Å². The molecule has 9 nitrogen and oxygen atoms in total. The molecule has 0 radical (unpaired) electrons. The Morgan fingerprint density at radius 3 is 1.13 bits per heavy atom. The Kier molecular flexibility index (Phi) is 12.5. The third-order valence-corrected chi connectivity index (χ3v) is 10.5. The average molecular weight is 677 g/mol. The molecule has 2 N–H and O–H groups in total. The highest BCUT2D eigenvalue weighted by molar-refractivity contribution is 7.90. The summed E-state index contributed by atoms with van der Waals surface area (Å²) < 4.78 is 64.1. The molecule has 0 heterocycles. The second-order valence-electron chi connectivity index (χ2n) is 11.2. The molecule has 0 saturated carbocycles. The first kappa shape index (κ1) is 35.5. The Hall–Kier alpha value is -4.32. The number of benzene rings is 4. The largest absolute Gasteiger partial charge is 0.364 e. The van der Waals surface area contributed by atoms with E-state index in [1.54, 1.807) is 84.9 Å². The number of hydrogen-bond donors (Lipinski definition) is 2. The van der Waals surface area contributed by atoms with E-state index >= 15 is 0 Å². The van der Waals surface area contributed by atoms with Gasteiger partial charge in [-0.2, -0.15) is 0 Å². The first-order valence-corrected chi connectivity index (χ1v) is 18.5. The summed E-state index contributed by atoms with van der Waals surface area (Å²) in [6, 6.07) is 33.1. The van der Waals surface area contributed by atoms with Crippen LogP contribution in [0, 0.1) is 11.8 Å². The minimum Gasteiger partial charge on any atom is -0.364 e. The van der Waals surface area contributed by atoms with Gasteiger partial charge in [0.25, 0.3) is 20.0 Å². The molecule has 4 aromatic rings. The smallest absolute Gasteiger partial charge is 0.264 e. The zero-order chi connectivity index (χ0) is 33.9. The summed E-state index contributed by atoms with van der Waals surface area (Å²) in [5.41, 5.74) is 1.21. The molecule has 0 aliphatic carbocycles. The number of hydrogen-bond acceptors (Lipinski definition) is 7. The second kappa shape index (κ2) is 16.5. The lowest BCUT2D eigenvalue weighted by atomic mass is 9.88. The molecule has 0 aromatic heterocycles. The van der Waals surface area contributed by atoms with E-state index in [9.17, 15) is 26.4 Å². The summed E-state index contributed by atoms with van der Waals surface area (Å²) in [6.45, 7) is 3.76. The molecule has 11 heteroatoms. The third-order valence-electron chi connectivity index (χ3n) is 7.73. The highest BCUT2D eigenvalue weighted by atomic mass is 32.2. The van der Waals surface area contributed by atoms with Crippen molar-refractivity contribution >= 4 is 31.9 Å². The Morgan fingerprint density at radius 2 is 0.830 bits per heavy atom. The van der Waals surface area contributed by atoms with E-state index in [1.807, 2.05) is 26.0 Å². The van der Waals surface area contributed by atoms with E-state index in [4.69, 9.17) is 4.74 Å². The van der Waals surface area contributed by atoms with E-state index in [1.165, 1.54) is 24.3 Å². The monoisotopic (exact) mass is 676 g/mol. The fourth-order valence-electron chi connectivity index (χ4n) is 5.45. The van der Waals surface area contributed by atoms with Crippen LogP contribution in [-0.2, 0) is 34.4 Å². The van der Waals surface area contributed by atoms with Crippen molar-refractivity contribution in [2.24, 2.45) is 11.8 Å². The van der Waals surface area contributed by atoms with Gasteiger partial charge in [0, 0.05) is 0 Å². The van der Waals surface area contributed by atoms with Crippen LogP contribution in [0.25, 0.3) is 0 Å². The fourth-order valence-corrected chi connectivity index (χ4v) is 7.55. The van der Waals surface area contributed by atoms with Gasteiger partial charge in [0.1, 0.15) is 0 Å². The van der Waals surface area contributed by atoms with Crippen LogP contribution >= 0.6 is 0 Å². The Morgan fingerprint density at radius 1 is 0.532 bits per heavy atom. The molecule has 0 bridgehead atoms. The standard InChI is InChI=1S/C36H40N2O7S2/c1-3-17-31(35(39)37-46(41,42)29-23-13-7-14-24-29)33(27-19-9-5-10-20-27)45-34(28-21-11-6-12-22-28)32(18-4-2)36(40)38-47(43,44)30-25-15-8-16-26-30/h5-16,19-26,31-34H,3-4,17-18H2,1-2H3,(H,37,39)(H,38,40)/t31-,32-,33?,34?/m0/s1. The van der Waals surface area contributed by atoms with Crippen LogP contribution in [0.3, 0.4) is 0 Å². The van der Waals surface area contributed by atoms with E-state index in [-0.39, 0.29) is 22.6 Å². The lowest BCUT2D eigenvalue weighted by Crippen LogP contribution is -2.41. The van der Waals surface area contributed by atoms with Gasteiger partial charge >= 0.3 is 0 Å². The highest BCUT2D eigenvalue weighted by Gasteiger charge is 2.39.